The van der Waals surface area contributed by atoms with E-state index in [1.807, 2.05) is 121 Å². The molecule has 16 heteroatoms. The quantitative estimate of drug-likeness (QED) is 0.0359. The summed E-state index contributed by atoms with van der Waals surface area (Å²) in [4.78, 5) is 55.4. The molecule has 406 valence electrons. The number of benzene rings is 6. The van der Waals surface area contributed by atoms with Gasteiger partial charge in [-0.05, 0) is 111 Å². The molecule has 0 unspecified atom stereocenters. The monoisotopic (exact) mass is 1070 g/mol. The molecule has 6 aromatic rings. The van der Waals surface area contributed by atoms with E-state index in [1.165, 1.54) is 0 Å². The van der Waals surface area contributed by atoms with E-state index in [0.29, 0.717) is 0 Å². The lowest BCUT2D eigenvalue weighted by Gasteiger charge is -2.33. The maximum absolute atomic E-state index is 13.9. The second-order valence-corrected chi connectivity index (χ2v) is 27.2. The van der Waals surface area contributed by atoms with Crippen LogP contribution in [0.1, 0.15) is 76.6 Å². The molecule has 0 aromatic heterocycles. The molecule has 6 aromatic carbocycles. The van der Waals surface area contributed by atoms with Crippen molar-refractivity contribution in [3.63, 3.8) is 0 Å². The van der Waals surface area contributed by atoms with E-state index >= 15 is 0 Å². The molecule has 0 fully saturated rings. The Labute approximate surface area is 448 Å². The minimum atomic E-state index is -3.74. The highest BCUT2D eigenvalue weighted by atomic mass is 32.2. The molecule has 0 saturated heterocycles. The third-order valence-electron chi connectivity index (χ3n) is 13.9. The van der Waals surface area contributed by atoms with Crippen LogP contribution in [0, 0.1) is 11.8 Å². The average molecular weight is 1080 g/mol. The second kappa shape index (κ2) is 26.1. The van der Waals surface area contributed by atoms with Crippen molar-refractivity contribution in [2.45, 2.75) is 114 Å². The number of carbonyl (C=O) groups excluding carboxylic acids is 4. The van der Waals surface area contributed by atoms with Crippen LogP contribution in [0.5, 0.6) is 0 Å². The molecule has 4 amide bonds. The van der Waals surface area contributed by atoms with Crippen molar-refractivity contribution in [3.8, 4) is 0 Å². The molecule has 0 aliphatic heterocycles. The van der Waals surface area contributed by atoms with Gasteiger partial charge in [0.15, 0.2) is 19.7 Å². The number of hydrogen-bond acceptors (Lipinski definition) is 10. The summed E-state index contributed by atoms with van der Waals surface area (Å²) >= 11 is 0. The van der Waals surface area contributed by atoms with Crippen LogP contribution in [0.2, 0.25) is 0 Å². The summed E-state index contributed by atoms with van der Waals surface area (Å²) in [5.41, 5.74) is 3.09. The number of aliphatic hydroxyl groups is 2. The summed E-state index contributed by atoms with van der Waals surface area (Å²) < 4.78 is 51.8. The second-order valence-electron chi connectivity index (χ2n) is 21.7. The van der Waals surface area contributed by atoms with Crippen LogP contribution < -0.4 is 21.3 Å². The maximum atomic E-state index is 13.9. The first-order valence-corrected chi connectivity index (χ1v) is 29.2. The predicted octanol–water partition coefficient (Wildman–Crippen LogP) is 6.63. The van der Waals surface area contributed by atoms with E-state index < -0.39 is 100 Å². The van der Waals surface area contributed by atoms with Crippen molar-refractivity contribution in [1.82, 2.24) is 21.3 Å². The zero-order valence-corrected chi connectivity index (χ0v) is 46.0. The molecule has 0 saturated carbocycles. The topological polar surface area (TPSA) is 225 Å². The van der Waals surface area contributed by atoms with E-state index in [-0.39, 0.29) is 51.6 Å². The SMILES string of the molecule is CC(C)(C)S(=O)(=O)C[C@H](Cc1cccc2ccccc12)C(=O)NCCC(=O)N[C@@H](Cc1ccccc1)[C@@H](O)[C@H](O)[C@H](Cc1ccccc1)NC(=O)CCNC(=O)[C@@H](Cc1cccc2ccccc12)CS(=O)(=O)C(C)(C)C. The van der Waals surface area contributed by atoms with Gasteiger partial charge < -0.3 is 31.5 Å². The summed E-state index contributed by atoms with van der Waals surface area (Å²) in [5.74, 6) is -4.94. The molecule has 6 rings (SSSR count). The van der Waals surface area contributed by atoms with Crippen LogP contribution in [-0.4, -0.2) is 109 Å². The van der Waals surface area contributed by atoms with E-state index in [2.05, 4.69) is 21.3 Å². The number of hydrogen-bond donors (Lipinski definition) is 6. The van der Waals surface area contributed by atoms with Gasteiger partial charge in [-0.3, -0.25) is 19.2 Å². The summed E-state index contributed by atoms with van der Waals surface area (Å²) in [6.45, 7) is 9.25. The van der Waals surface area contributed by atoms with Gasteiger partial charge in [0.2, 0.25) is 23.6 Å². The van der Waals surface area contributed by atoms with E-state index in [4.69, 9.17) is 0 Å². The normalized spacial score (nSPS) is 14.7. The molecule has 14 nitrogen and oxygen atoms in total. The Balaban J connectivity index is 1.14. The van der Waals surface area contributed by atoms with Crippen LogP contribution in [0.15, 0.2) is 146 Å². The molecule has 0 spiro atoms. The van der Waals surface area contributed by atoms with Gasteiger partial charge in [-0.1, -0.05) is 146 Å². The molecule has 0 radical (unpaired) electrons. The Morgan fingerprint density at radius 3 is 1.13 bits per heavy atom. The number of amides is 4. The number of fused-ring (bicyclic) bond motifs is 2. The number of nitrogens with one attached hydrogen (secondary N) is 4. The van der Waals surface area contributed by atoms with Crippen LogP contribution in [0.3, 0.4) is 0 Å². The highest BCUT2D eigenvalue weighted by Gasteiger charge is 2.38. The first-order valence-electron chi connectivity index (χ1n) is 25.9. The first-order chi connectivity index (χ1) is 35.9. The number of sulfone groups is 2. The van der Waals surface area contributed by atoms with Crippen molar-refractivity contribution >= 4 is 64.8 Å². The first kappa shape index (κ1) is 58.8. The predicted molar refractivity (Wildman–Crippen MR) is 301 cm³/mol. The zero-order valence-electron chi connectivity index (χ0n) is 44.4. The standard InChI is InChI=1S/C60H74N4O10S2/c1-59(2,3)75(71,72)39-47(37-45-27-17-25-43-23-13-15-29-49(43)45)57(69)61-33-31-53(65)63-51(35-41-19-9-7-10-20-41)55(67)56(68)52(36-42-21-11-8-12-22-42)64-54(66)32-34-62-58(70)48(40-76(73,74)60(4,5)6)38-46-28-18-26-44-24-14-16-30-50(44)46/h7-30,47-48,51-52,55-56,67-68H,31-40H2,1-6H3,(H,61,69)(H,62,70)(H,63,65)(H,64,66)/t47-,48-,51-,52-,55+,56+/m0/s1. The Kier molecular flexibility index (Phi) is 20.2. The van der Waals surface area contributed by atoms with E-state index in [9.17, 15) is 46.2 Å². The van der Waals surface area contributed by atoms with Gasteiger partial charge >= 0.3 is 0 Å². The lowest BCUT2D eigenvalue weighted by Crippen LogP contribution is -2.57. The lowest BCUT2D eigenvalue weighted by atomic mass is 9.91. The summed E-state index contributed by atoms with van der Waals surface area (Å²) in [6.07, 6.45) is -3.31. The van der Waals surface area contributed by atoms with Crippen molar-refractivity contribution in [2.24, 2.45) is 11.8 Å². The highest BCUT2D eigenvalue weighted by molar-refractivity contribution is 7.93. The van der Waals surface area contributed by atoms with Crippen LogP contribution in [0.4, 0.5) is 0 Å². The number of aliphatic hydroxyl groups excluding tert-OH is 2. The molecular weight excluding hydrogens is 1000 g/mol. The Morgan fingerprint density at radius 2 is 0.776 bits per heavy atom. The third kappa shape index (κ3) is 16.3. The van der Waals surface area contributed by atoms with Gasteiger partial charge in [0, 0.05) is 25.9 Å². The van der Waals surface area contributed by atoms with Gasteiger partial charge in [0.05, 0.1) is 44.9 Å². The fourth-order valence-electron chi connectivity index (χ4n) is 9.13. The molecule has 6 N–H and O–H groups in total. The van der Waals surface area contributed by atoms with E-state index in [0.717, 1.165) is 43.8 Å². The maximum Gasteiger partial charge on any atom is 0.224 e. The number of rotatable bonds is 25. The van der Waals surface area contributed by atoms with Crippen molar-refractivity contribution < 1.29 is 46.2 Å². The molecule has 0 aliphatic rings. The average Bonchev–Trinajstić information content (AvgIpc) is 3.37. The van der Waals surface area contributed by atoms with Gasteiger partial charge in [0.25, 0.3) is 0 Å². The van der Waals surface area contributed by atoms with Crippen LogP contribution in [0.25, 0.3) is 21.5 Å². The Morgan fingerprint density at radius 1 is 0.447 bits per heavy atom. The molecule has 0 aliphatic carbocycles. The van der Waals surface area contributed by atoms with Gasteiger partial charge in [0.1, 0.15) is 12.2 Å². The molecular formula is C60H74N4O10S2. The molecule has 6 atom stereocenters. The van der Waals surface area contributed by atoms with Crippen molar-refractivity contribution in [2.75, 3.05) is 24.6 Å². The van der Waals surface area contributed by atoms with Crippen molar-refractivity contribution in [3.05, 3.63) is 168 Å². The van der Waals surface area contributed by atoms with E-state index in [1.54, 1.807) is 65.8 Å². The summed E-state index contributed by atoms with van der Waals surface area (Å²) in [6, 6.07) is 42.6. The van der Waals surface area contributed by atoms with Crippen LogP contribution in [-0.2, 0) is 64.5 Å². The minimum absolute atomic E-state index is 0.0812. The lowest BCUT2D eigenvalue weighted by molar-refractivity contribution is -0.128. The fraction of sp³-hybridized carbons (Fsp3) is 0.400. The Hall–Kier alpha value is -6.46. The molecule has 0 bridgehead atoms. The van der Waals surface area contributed by atoms with Crippen LogP contribution >= 0.6 is 0 Å². The van der Waals surface area contributed by atoms with Gasteiger partial charge in [-0.2, -0.15) is 0 Å². The molecule has 76 heavy (non-hydrogen) atoms. The van der Waals surface area contributed by atoms with Gasteiger partial charge in [-0.15, -0.1) is 0 Å². The highest BCUT2D eigenvalue weighted by Crippen LogP contribution is 2.27. The third-order valence-corrected chi connectivity index (χ3v) is 19.3. The number of carbonyl (C=O) groups is 4. The summed E-state index contributed by atoms with van der Waals surface area (Å²) in [7, 11) is -7.49. The smallest absolute Gasteiger partial charge is 0.224 e. The largest absolute Gasteiger partial charge is 0.388 e. The summed E-state index contributed by atoms with van der Waals surface area (Å²) in [5, 5.41) is 39.0. The van der Waals surface area contributed by atoms with Gasteiger partial charge in [-0.25, -0.2) is 16.8 Å². The fourth-order valence-corrected chi connectivity index (χ4v) is 11.7. The minimum Gasteiger partial charge on any atom is -0.388 e. The Bertz CT molecular complexity index is 2930. The van der Waals surface area contributed by atoms with Crippen molar-refractivity contribution in [1.29, 1.82) is 0 Å². The zero-order chi connectivity index (χ0) is 55.3. The molecule has 0 heterocycles.